The predicted molar refractivity (Wildman–Crippen MR) is 126 cm³/mol. The molecule has 1 heterocycles. The van der Waals surface area contributed by atoms with E-state index in [0.717, 1.165) is 14.4 Å². The molecule has 2 aromatic carbocycles. The van der Waals surface area contributed by atoms with E-state index in [0.29, 0.717) is 17.9 Å². The molecule has 0 aliphatic heterocycles. The maximum Gasteiger partial charge on any atom is 0.250 e. The minimum absolute atomic E-state index is 0.0127. The SMILES string of the molecule is CCOc1cccc(/C=N\NC(=O)CSc2nnc(SCc3ccc(C)cc3)s2)c1O. The number of rotatable bonds is 10. The highest BCUT2D eigenvalue weighted by Gasteiger charge is 2.09. The van der Waals surface area contributed by atoms with Gasteiger partial charge in [-0.3, -0.25) is 4.79 Å². The van der Waals surface area contributed by atoms with Crippen molar-refractivity contribution in [3.8, 4) is 11.5 Å². The van der Waals surface area contributed by atoms with E-state index < -0.39 is 0 Å². The second-order valence-corrected chi connectivity index (χ2v) is 9.74. The van der Waals surface area contributed by atoms with Gasteiger partial charge >= 0.3 is 0 Å². The molecule has 0 saturated carbocycles. The van der Waals surface area contributed by atoms with Gasteiger partial charge in [-0.2, -0.15) is 5.10 Å². The molecular formula is C21H22N4O3S3. The van der Waals surface area contributed by atoms with Crippen LogP contribution in [0.4, 0.5) is 0 Å². The Labute approximate surface area is 193 Å². The summed E-state index contributed by atoms with van der Waals surface area (Å²) in [6.07, 6.45) is 1.38. The summed E-state index contributed by atoms with van der Waals surface area (Å²) in [7, 11) is 0. The van der Waals surface area contributed by atoms with E-state index >= 15 is 0 Å². The summed E-state index contributed by atoms with van der Waals surface area (Å²) in [4.78, 5) is 12.0. The Hall–Kier alpha value is -2.56. The molecule has 1 amide bonds. The lowest BCUT2D eigenvalue weighted by atomic mass is 10.2. The molecule has 0 unspecified atom stereocenters. The van der Waals surface area contributed by atoms with Crippen molar-refractivity contribution in [2.45, 2.75) is 28.3 Å². The van der Waals surface area contributed by atoms with Crippen LogP contribution in [0, 0.1) is 6.92 Å². The number of benzene rings is 2. The van der Waals surface area contributed by atoms with Crippen molar-refractivity contribution in [3.05, 3.63) is 59.2 Å². The summed E-state index contributed by atoms with van der Waals surface area (Å²) in [5.41, 5.74) is 5.37. The van der Waals surface area contributed by atoms with Crippen molar-refractivity contribution in [2.75, 3.05) is 12.4 Å². The average Bonchev–Trinajstić information content (AvgIpc) is 3.22. The summed E-state index contributed by atoms with van der Waals surface area (Å²) in [6.45, 7) is 4.35. The number of phenols is 1. The molecule has 0 radical (unpaired) electrons. The van der Waals surface area contributed by atoms with Gasteiger partial charge in [0.2, 0.25) is 0 Å². The third-order valence-electron chi connectivity index (χ3n) is 3.92. The number of para-hydroxylation sites is 1. The molecule has 10 heteroatoms. The molecule has 0 saturated heterocycles. The van der Waals surface area contributed by atoms with Crippen molar-refractivity contribution in [1.82, 2.24) is 15.6 Å². The number of aromatic hydroxyl groups is 1. The number of aryl methyl sites for hydroxylation is 1. The first-order chi connectivity index (χ1) is 15.0. The number of hydrazone groups is 1. The van der Waals surface area contributed by atoms with Gasteiger partial charge in [0.1, 0.15) is 0 Å². The summed E-state index contributed by atoms with van der Waals surface area (Å²) in [5.74, 6) is 1.08. The van der Waals surface area contributed by atoms with Crippen molar-refractivity contribution < 1.29 is 14.6 Å². The minimum atomic E-state index is -0.272. The number of hydrogen-bond donors (Lipinski definition) is 2. The number of carbonyl (C=O) groups excluding carboxylic acids is 1. The molecule has 3 aromatic rings. The molecule has 7 nitrogen and oxygen atoms in total. The van der Waals surface area contributed by atoms with E-state index in [1.807, 2.05) is 6.92 Å². The van der Waals surface area contributed by atoms with Gasteiger partial charge in [0.25, 0.3) is 5.91 Å². The number of hydrogen-bond acceptors (Lipinski definition) is 9. The number of aromatic nitrogens is 2. The maximum atomic E-state index is 12.0. The Morgan fingerprint density at radius 3 is 2.68 bits per heavy atom. The van der Waals surface area contributed by atoms with Crippen LogP contribution in [0.15, 0.2) is 56.2 Å². The molecule has 0 bridgehead atoms. The molecule has 31 heavy (non-hydrogen) atoms. The Balaban J connectivity index is 1.43. The molecular weight excluding hydrogens is 452 g/mol. The highest BCUT2D eigenvalue weighted by atomic mass is 32.2. The van der Waals surface area contributed by atoms with Crippen LogP contribution in [0.2, 0.25) is 0 Å². The summed E-state index contributed by atoms with van der Waals surface area (Å²) >= 11 is 4.40. The normalized spacial score (nSPS) is 11.0. The highest BCUT2D eigenvalue weighted by Crippen LogP contribution is 2.31. The van der Waals surface area contributed by atoms with E-state index in [1.54, 1.807) is 30.0 Å². The van der Waals surface area contributed by atoms with Crippen LogP contribution in [0.5, 0.6) is 11.5 Å². The maximum absolute atomic E-state index is 12.0. The van der Waals surface area contributed by atoms with Crippen LogP contribution in [0.25, 0.3) is 0 Å². The molecule has 0 atom stereocenters. The van der Waals surface area contributed by atoms with Crippen LogP contribution < -0.4 is 10.2 Å². The molecule has 3 rings (SSSR count). The number of ether oxygens (including phenoxy) is 1. The third-order valence-corrected chi connectivity index (χ3v) is 7.18. The fourth-order valence-electron chi connectivity index (χ4n) is 2.39. The quantitative estimate of drug-likeness (QED) is 0.254. The zero-order valence-corrected chi connectivity index (χ0v) is 19.5. The van der Waals surface area contributed by atoms with Crippen LogP contribution in [0.1, 0.15) is 23.6 Å². The molecule has 0 fully saturated rings. The molecule has 1 aromatic heterocycles. The lowest BCUT2D eigenvalue weighted by molar-refractivity contribution is -0.118. The van der Waals surface area contributed by atoms with Gasteiger partial charge in [0, 0.05) is 11.3 Å². The zero-order valence-electron chi connectivity index (χ0n) is 17.1. The van der Waals surface area contributed by atoms with Gasteiger partial charge in [-0.1, -0.05) is 70.8 Å². The largest absolute Gasteiger partial charge is 0.504 e. The van der Waals surface area contributed by atoms with Crippen molar-refractivity contribution >= 4 is 47.0 Å². The minimum Gasteiger partial charge on any atom is -0.504 e. The summed E-state index contributed by atoms with van der Waals surface area (Å²) in [6, 6.07) is 13.5. The number of phenolic OH excluding ortho intramolecular Hbond substituents is 1. The predicted octanol–water partition coefficient (Wildman–Crippen LogP) is 4.49. The standard InChI is InChI=1S/C21H22N4O3S3/c1-3-28-17-6-4-5-16(19(17)27)11-22-23-18(26)13-30-21-25-24-20(31-21)29-12-15-9-7-14(2)8-10-15/h4-11,27H,3,12-13H2,1-2H3,(H,23,26)/b22-11-. The number of nitrogens with zero attached hydrogens (tertiary/aromatic N) is 3. The third kappa shape index (κ3) is 7.27. The van der Waals surface area contributed by atoms with Gasteiger partial charge in [0.15, 0.2) is 20.2 Å². The van der Waals surface area contributed by atoms with Crippen molar-refractivity contribution in [1.29, 1.82) is 0 Å². The van der Waals surface area contributed by atoms with E-state index in [2.05, 4.69) is 51.9 Å². The first-order valence-corrected chi connectivity index (χ1v) is 12.2. The fourth-order valence-corrected chi connectivity index (χ4v) is 5.16. The van der Waals surface area contributed by atoms with Gasteiger partial charge in [-0.15, -0.1) is 10.2 Å². The van der Waals surface area contributed by atoms with Gasteiger partial charge in [-0.05, 0) is 31.5 Å². The lowest BCUT2D eigenvalue weighted by Gasteiger charge is -2.07. The van der Waals surface area contributed by atoms with Crippen LogP contribution in [-0.4, -0.2) is 39.8 Å². The number of nitrogens with one attached hydrogen (secondary N) is 1. The van der Waals surface area contributed by atoms with Crippen LogP contribution in [0.3, 0.4) is 0 Å². The average molecular weight is 475 g/mol. The Bertz CT molecular complexity index is 1040. The molecule has 0 aliphatic carbocycles. The van der Waals surface area contributed by atoms with E-state index in [9.17, 15) is 9.90 Å². The van der Waals surface area contributed by atoms with E-state index in [-0.39, 0.29) is 17.4 Å². The van der Waals surface area contributed by atoms with Gasteiger partial charge in [-0.25, -0.2) is 5.43 Å². The van der Waals surface area contributed by atoms with Crippen molar-refractivity contribution in [3.63, 3.8) is 0 Å². The first-order valence-electron chi connectivity index (χ1n) is 9.46. The monoisotopic (exact) mass is 474 g/mol. The Morgan fingerprint density at radius 2 is 1.94 bits per heavy atom. The second-order valence-electron chi connectivity index (χ2n) is 6.32. The summed E-state index contributed by atoms with van der Waals surface area (Å²) in [5, 5.41) is 22.3. The first kappa shape index (κ1) is 23.1. The lowest BCUT2D eigenvalue weighted by Crippen LogP contribution is -2.19. The Kier molecular flexibility index (Phi) is 8.74. The van der Waals surface area contributed by atoms with Crippen LogP contribution in [-0.2, 0) is 10.5 Å². The number of carbonyl (C=O) groups is 1. The van der Waals surface area contributed by atoms with Gasteiger partial charge in [0.05, 0.1) is 18.6 Å². The fraction of sp³-hybridized carbons (Fsp3) is 0.238. The zero-order chi connectivity index (χ0) is 22.1. The number of amides is 1. The smallest absolute Gasteiger partial charge is 0.250 e. The molecule has 2 N–H and O–H groups in total. The van der Waals surface area contributed by atoms with E-state index in [4.69, 9.17) is 4.74 Å². The van der Waals surface area contributed by atoms with Crippen LogP contribution >= 0.6 is 34.9 Å². The second kappa shape index (κ2) is 11.7. The Morgan fingerprint density at radius 1 is 1.19 bits per heavy atom. The molecule has 0 spiro atoms. The van der Waals surface area contributed by atoms with Crippen molar-refractivity contribution in [2.24, 2.45) is 5.10 Å². The summed E-state index contributed by atoms with van der Waals surface area (Å²) < 4.78 is 6.92. The van der Waals surface area contributed by atoms with E-state index in [1.165, 1.54) is 40.4 Å². The number of thioether (sulfide) groups is 2. The topological polar surface area (TPSA) is 96.7 Å². The molecule has 0 aliphatic rings. The highest BCUT2D eigenvalue weighted by molar-refractivity contribution is 8.03. The van der Waals surface area contributed by atoms with Gasteiger partial charge < -0.3 is 9.84 Å². The molecule has 162 valence electrons.